The van der Waals surface area contributed by atoms with E-state index in [1.54, 1.807) is 6.20 Å². The molecular weight excluding hydrogens is 336 g/mol. The quantitative estimate of drug-likeness (QED) is 0.654. The Morgan fingerprint density at radius 1 is 1.36 bits per heavy atom. The minimum absolute atomic E-state index is 0.0363. The highest BCUT2D eigenvalue weighted by Gasteiger charge is 2.41. The molecule has 132 valence electrons. The van der Waals surface area contributed by atoms with Gasteiger partial charge in [-0.15, -0.1) is 0 Å². The molecule has 6 nitrogen and oxygen atoms in total. The summed E-state index contributed by atoms with van der Waals surface area (Å²) in [6.45, 7) is 2.56. The second kappa shape index (κ2) is 7.23. The van der Waals surface area contributed by atoms with Gasteiger partial charge in [0.15, 0.2) is 5.11 Å². The summed E-state index contributed by atoms with van der Waals surface area (Å²) in [6, 6.07) is 9.95. The van der Waals surface area contributed by atoms with Gasteiger partial charge in [-0.3, -0.25) is 9.78 Å². The van der Waals surface area contributed by atoms with Crippen LogP contribution in [-0.4, -0.2) is 39.2 Å². The zero-order valence-electron chi connectivity index (χ0n) is 14.6. The van der Waals surface area contributed by atoms with E-state index in [-0.39, 0.29) is 24.5 Å². The van der Waals surface area contributed by atoms with Crippen molar-refractivity contribution in [3.05, 3.63) is 53.6 Å². The maximum absolute atomic E-state index is 11.6. The van der Waals surface area contributed by atoms with Crippen LogP contribution in [0.15, 0.2) is 36.5 Å². The van der Waals surface area contributed by atoms with Crippen molar-refractivity contribution in [2.24, 2.45) is 7.05 Å². The largest absolute Gasteiger partial charge is 0.469 e. The van der Waals surface area contributed by atoms with Gasteiger partial charge in [-0.2, -0.15) is 0 Å². The molecule has 1 saturated heterocycles. The minimum atomic E-state index is -0.245. The molecule has 1 N–H and O–H groups in total. The average molecular weight is 358 g/mol. The van der Waals surface area contributed by atoms with Crippen LogP contribution in [-0.2, 0) is 16.6 Å². The number of thiocarbonyl (C=S) groups is 1. The second-order valence-corrected chi connectivity index (χ2v) is 6.49. The van der Waals surface area contributed by atoms with E-state index in [9.17, 15) is 4.79 Å². The molecule has 2 aromatic heterocycles. The zero-order chi connectivity index (χ0) is 18.0. The molecule has 0 amide bonds. The van der Waals surface area contributed by atoms with E-state index in [2.05, 4.69) is 38.8 Å². The Balaban J connectivity index is 1.97. The Labute approximate surface area is 152 Å². The van der Waals surface area contributed by atoms with Crippen molar-refractivity contribution in [2.45, 2.75) is 25.4 Å². The first-order valence-electron chi connectivity index (χ1n) is 8.20. The van der Waals surface area contributed by atoms with Crippen LogP contribution in [0.25, 0.3) is 0 Å². The first-order chi connectivity index (χ1) is 12.0. The molecule has 0 saturated carbocycles. The van der Waals surface area contributed by atoms with Gasteiger partial charge in [0.25, 0.3) is 0 Å². The number of methoxy groups -OCH3 is 1. The van der Waals surface area contributed by atoms with Crippen molar-refractivity contribution in [3.63, 3.8) is 0 Å². The topological polar surface area (TPSA) is 59.4 Å². The van der Waals surface area contributed by atoms with E-state index in [1.165, 1.54) is 12.8 Å². The lowest BCUT2D eigenvalue weighted by molar-refractivity contribution is -0.140. The molecule has 1 aliphatic rings. The Kier molecular flexibility index (Phi) is 5.03. The van der Waals surface area contributed by atoms with Crippen LogP contribution in [0.5, 0.6) is 0 Å². The summed E-state index contributed by atoms with van der Waals surface area (Å²) < 4.78 is 6.93. The third-order valence-corrected chi connectivity index (χ3v) is 5.05. The number of rotatable bonds is 5. The normalized spacial score (nSPS) is 19.8. The maximum Gasteiger partial charge on any atom is 0.307 e. The van der Waals surface area contributed by atoms with Gasteiger partial charge in [-0.1, -0.05) is 6.07 Å². The van der Waals surface area contributed by atoms with Gasteiger partial charge in [-0.05, 0) is 43.4 Å². The van der Waals surface area contributed by atoms with Gasteiger partial charge in [0.2, 0.25) is 0 Å². The van der Waals surface area contributed by atoms with E-state index in [4.69, 9.17) is 17.0 Å². The van der Waals surface area contributed by atoms with E-state index in [1.807, 2.05) is 25.2 Å². The molecule has 0 aromatic carbocycles. The number of carbonyl (C=O) groups is 1. The minimum Gasteiger partial charge on any atom is -0.469 e. The lowest BCUT2D eigenvalue weighted by Gasteiger charge is -2.28. The highest BCUT2D eigenvalue weighted by atomic mass is 32.1. The summed E-state index contributed by atoms with van der Waals surface area (Å²) in [4.78, 5) is 18.2. The first-order valence-corrected chi connectivity index (χ1v) is 8.61. The number of esters is 1. The van der Waals surface area contributed by atoms with Gasteiger partial charge in [0, 0.05) is 31.2 Å². The summed E-state index contributed by atoms with van der Waals surface area (Å²) in [5, 5.41) is 4.00. The molecule has 1 aliphatic heterocycles. The number of aromatic nitrogens is 2. The highest BCUT2D eigenvalue weighted by molar-refractivity contribution is 7.80. The standard InChI is InChI=1S/C18H22N4O2S/c1-12-7-8-14(21(12)2)17-16(13-6-4-5-10-19-13)20-18(25)22(17)11-9-15(23)24-3/h4-8,10,16-17H,9,11H2,1-3H3,(H,20,25). The van der Waals surface area contributed by atoms with Crippen molar-refractivity contribution < 1.29 is 9.53 Å². The number of pyridine rings is 1. The Bertz CT molecular complexity index is 775. The van der Waals surface area contributed by atoms with Gasteiger partial charge in [0.05, 0.1) is 31.3 Å². The van der Waals surface area contributed by atoms with Crippen LogP contribution >= 0.6 is 12.2 Å². The number of hydrogen-bond donors (Lipinski definition) is 1. The van der Waals surface area contributed by atoms with Crippen LogP contribution in [0.4, 0.5) is 0 Å². The van der Waals surface area contributed by atoms with Crippen molar-refractivity contribution in [1.29, 1.82) is 0 Å². The molecular formula is C18H22N4O2S. The third kappa shape index (κ3) is 3.37. The second-order valence-electron chi connectivity index (χ2n) is 6.10. The number of hydrogen-bond acceptors (Lipinski definition) is 4. The van der Waals surface area contributed by atoms with Crippen molar-refractivity contribution in [2.75, 3.05) is 13.7 Å². The maximum atomic E-state index is 11.6. The lowest BCUT2D eigenvalue weighted by atomic mass is 10.0. The molecule has 0 radical (unpaired) electrons. The molecule has 2 aromatic rings. The van der Waals surface area contributed by atoms with Gasteiger partial charge < -0.3 is 19.5 Å². The van der Waals surface area contributed by atoms with Crippen LogP contribution in [0, 0.1) is 6.92 Å². The average Bonchev–Trinajstić information content (AvgIpc) is 3.13. The van der Waals surface area contributed by atoms with Crippen LogP contribution in [0.2, 0.25) is 0 Å². The van der Waals surface area contributed by atoms with Gasteiger partial charge in [0.1, 0.15) is 0 Å². The Morgan fingerprint density at radius 2 is 2.16 bits per heavy atom. The first kappa shape index (κ1) is 17.4. The molecule has 7 heteroatoms. The molecule has 0 spiro atoms. The molecule has 2 atom stereocenters. The number of carbonyl (C=O) groups excluding carboxylic acids is 1. The fraction of sp³-hybridized carbons (Fsp3) is 0.389. The van der Waals surface area contributed by atoms with E-state index in [0.29, 0.717) is 11.7 Å². The van der Waals surface area contributed by atoms with Crippen molar-refractivity contribution in [3.8, 4) is 0 Å². The highest BCUT2D eigenvalue weighted by Crippen LogP contribution is 2.38. The summed E-state index contributed by atoms with van der Waals surface area (Å²) in [6.07, 6.45) is 2.07. The van der Waals surface area contributed by atoms with Crippen molar-refractivity contribution >= 4 is 23.3 Å². The summed E-state index contributed by atoms with van der Waals surface area (Å²) in [7, 11) is 3.44. The molecule has 3 rings (SSSR count). The molecule has 0 bridgehead atoms. The summed E-state index contributed by atoms with van der Waals surface area (Å²) in [5.74, 6) is -0.245. The molecule has 1 fully saturated rings. The van der Waals surface area contributed by atoms with Crippen LogP contribution < -0.4 is 5.32 Å². The fourth-order valence-corrected chi connectivity index (χ4v) is 3.54. The number of aryl methyl sites for hydroxylation is 1. The molecule has 3 heterocycles. The fourth-order valence-electron chi connectivity index (χ4n) is 3.21. The van der Waals surface area contributed by atoms with Gasteiger partial charge in [-0.25, -0.2) is 0 Å². The smallest absolute Gasteiger partial charge is 0.307 e. The van der Waals surface area contributed by atoms with E-state index >= 15 is 0 Å². The number of ether oxygens (including phenoxy) is 1. The Morgan fingerprint density at radius 3 is 2.76 bits per heavy atom. The molecule has 25 heavy (non-hydrogen) atoms. The van der Waals surface area contributed by atoms with E-state index in [0.717, 1.165) is 11.4 Å². The molecule has 0 aliphatic carbocycles. The predicted molar refractivity (Wildman–Crippen MR) is 98.9 cm³/mol. The van der Waals surface area contributed by atoms with E-state index < -0.39 is 0 Å². The van der Waals surface area contributed by atoms with Crippen molar-refractivity contribution in [1.82, 2.24) is 19.8 Å². The number of nitrogens with zero attached hydrogens (tertiary/aromatic N) is 3. The SMILES string of the molecule is COC(=O)CCN1C(=S)NC(c2ccccn2)C1c1ccc(C)n1C. The van der Waals surface area contributed by atoms with Gasteiger partial charge >= 0.3 is 5.97 Å². The summed E-state index contributed by atoms with van der Waals surface area (Å²) in [5.41, 5.74) is 3.22. The zero-order valence-corrected chi connectivity index (χ0v) is 15.4. The monoisotopic (exact) mass is 358 g/mol. The third-order valence-electron chi connectivity index (χ3n) is 4.70. The molecule has 2 unspecified atom stereocenters. The van der Waals surface area contributed by atoms with Crippen LogP contribution in [0.3, 0.4) is 0 Å². The predicted octanol–water partition coefficient (Wildman–Crippen LogP) is 2.26. The summed E-state index contributed by atoms with van der Waals surface area (Å²) >= 11 is 5.56. The van der Waals surface area contributed by atoms with Crippen LogP contribution in [0.1, 0.15) is 35.6 Å². The number of nitrogens with one attached hydrogen (secondary N) is 1. The lowest BCUT2D eigenvalue weighted by Crippen LogP contribution is -2.32. The Hall–Kier alpha value is -2.41.